The molecule has 0 aliphatic carbocycles. The van der Waals surface area contributed by atoms with E-state index in [0.29, 0.717) is 17.8 Å². The second kappa shape index (κ2) is 9.73. The van der Waals surface area contributed by atoms with Crippen LogP contribution in [0.1, 0.15) is 41.8 Å². The molecular formula is C22H24ClF5N6O. The smallest absolute Gasteiger partial charge is 0.320 e. The van der Waals surface area contributed by atoms with Crippen LogP contribution < -0.4 is 5.32 Å². The maximum atomic E-state index is 14.6. The minimum Gasteiger partial charge on any atom is -0.363 e. The van der Waals surface area contributed by atoms with Gasteiger partial charge in [-0.2, -0.15) is 0 Å². The van der Waals surface area contributed by atoms with Crippen LogP contribution in [0.5, 0.6) is 0 Å². The minimum absolute atomic E-state index is 0.00753. The summed E-state index contributed by atoms with van der Waals surface area (Å²) in [6.07, 6.45) is -2.97. The Kier molecular flexibility index (Phi) is 7.05. The van der Waals surface area contributed by atoms with Crippen molar-refractivity contribution < 1.29 is 26.7 Å². The first-order valence-electron chi connectivity index (χ1n) is 10.9. The number of alkyl halides is 4. The highest BCUT2D eigenvalue weighted by molar-refractivity contribution is 6.28. The highest BCUT2D eigenvalue weighted by Crippen LogP contribution is 2.33. The zero-order valence-corrected chi connectivity index (χ0v) is 19.8. The van der Waals surface area contributed by atoms with Gasteiger partial charge in [0, 0.05) is 24.2 Å². The number of likely N-dealkylation sites (N-methyl/N-ethyl adjacent to an activating group) is 1. The molecule has 190 valence electrons. The molecule has 1 aromatic heterocycles. The van der Waals surface area contributed by atoms with Crippen LogP contribution in [0.15, 0.2) is 18.2 Å². The molecule has 35 heavy (non-hydrogen) atoms. The van der Waals surface area contributed by atoms with Gasteiger partial charge in [-0.15, -0.1) is 0 Å². The zero-order valence-electron chi connectivity index (χ0n) is 19.0. The molecule has 13 heteroatoms. The topological polar surface area (TPSA) is 64.6 Å². The Morgan fingerprint density at radius 3 is 2.54 bits per heavy atom. The third-order valence-electron chi connectivity index (χ3n) is 6.08. The van der Waals surface area contributed by atoms with Crippen molar-refractivity contribution in [3.8, 4) is 0 Å². The first-order chi connectivity index (χ1) is 16.4. The van der Waals surface area contributed by atoms with Gasteiger partial charge < -0.3 is 15.1 Å². The molecule has 7 nitrogen and oxygen atoms in total. The number of fused-ring (bicyclic) bond motifs is 1. The molecule has 4 rings (SSSR count). The van der Waals surface area contributed by atoms with Gasteiger partial charge >= 0.3 is 6.03 Å². The highest BCUT2D eigenvalue weighted by Gasteiger charge is 2.40. The van der Waals surface area contributed by atoms with Gasteiger partial charge in [0.2, 0.25) is 5.28 Å². The molecule has 2 aliphatic rings. The second-order valence-electron chi connectivity index (χ2n) is 8.84. The van der Waals surface area contributed by atoms with Crippen molar-refractivity contribution in [2.75, 3.05) is 38.5 Å². The van der Waals surface area contributed by atoms with Gasteiger partial charge in [-0.05, 0) is 25.6 Å². The summed E-state index contributed by atoms with van der Waals surface area (Å²) in [5.74, 6) is -3.86. The van der Waals surface area contributed by atoms with Crippen LogP contribution in [-0.2, 0) is 13.1 Å². The first-order valence-corrected chi connectivity index (χ1v) is 11.3. The van der Waals surface area contributed by atoms with Crippen LogP contribution in [0.3, 0.4) is 0 Å². The SMILES string of the molecule is C[C@@H](Nc1nc(Cl)nc2c1CN(C(=O)N1CCN(C)CC(F)(F)C1)C2)c1cccc(C(F)F)c1F. The molecule has 1 saturated heterocycles. The molecule has 1 aromatic carbocycles. The number of aromatic nitrogens is 2. The van der Waals surface area contributed by atoms with E-state index < -0.39 is 48.9 Å². The van der Waals surface area contributed by atoms with Gasteiger partial charge in [-0.3, -0.25) is 4.90 Å². The fourth-order valence-electron chi connectivity index (χ4n) is 4.37. The Balaban J connectivity index is 1.54. The lowest BCUT2D eigenvalue weighted by Crippen LogP contribution is -2.46. The summed E-state index contributed by atoms with van der Waals surface area (Å²) in [6.45, 7) is 0.951. The molecule has 1 atom stereocenters. The maximum absolute atomic E-state index is 14.6. The molecular weight excluding hydrogens is 495 g/mol. The van der Waals surface area contributed by atoms with Crippen LogP contribution in [0.25, 0.3) is 0 Å². The minimum atomic E-state index is -3.05. The fraction of sp³-hybridized carbons (Fsp3) is 0.500. The van der Waals surface area contributed by atoms with E-state index in [2.05, 4.69) is 15.3 Å². The molecule has 0 radical (unpaired) electrons. The van der Waals surface area contributed by atoms with Crippen molar-refractivity contribution in [1.82, 2.24) is 24.7 Å². The number of nitrogens with one attached hydrogen (secondary N) is 1. The number of hydrogen-bond acceptors (Lipinski definition) is 5. The molecule has 3 heterocycles. The number of rotatable bonds is 4. The predicted octanol–water partition coefficient (Wildman–Crippen LogP) is 4.70. The maximum Gasteiger partial charge on any atom is 0.320 e. The van der Waals surface area contributed by atoms with Gasteiger partial charge in [0.15, 0.2) is 0 Å². The van der Waals surface area contributed by atoms with Crippen molar-refractivity contribution >= 4 is 23.4 Å². The Labute approximate surface area is 203 Å². The van der Waals surface area contributed by atoms with Crippen LogP contribution in [0, 0.1) is 5.82 Å². The van der Waals surface area contributed by atoms with Crippen LogP contribution in [0.2, 0.25) is 5.28 Å². The average Bonchev–Trinajstić information content (AvgIpc) is 3.13. The second-order valence-corrected chi connectivity index (χ2v) is 9.18. The molecule has 2 aliphatic heterocycles. The third kappa shape index (κ3) is 5.43. The van der Waals surface area contributed by atoms with E-state index in [1.165, 1.54) is 21.9 Å². The monoisotopic (exact) mass is 518 g/mol. The van der Waals surface area contributed by atoms with E-state index in [9.17, 15) is 26.7 Å². The van der Waals surface area contributed by atoms with Gasteiger partial charge in [-0.25, -0.2) is 36.7 Å². The van der Waals surface area contributed by atoms with Gasteiger partial charge in [0.25, 0.3) is 12.3 Å². The number of anilines is 1. The van der Waals surface area contributed by atoms with Crippen LogP contribution in [0.4, 0.5) is 32.6 Å². The lowest BCUT2D eigenvalue weighted by atomic mass is 10.0. The molecule has 0 saturated carbocycles. The summed E-state index contributed by atoms with van der Waals surface area (Å²) < 4.78 is 69.3. The van der Waals surface area contributed by atoms with Crippen LogP contribution in [-0.4, -0.2) is 69.8 Å². The Morgan fingerprint density at radius 2 is 1.83 bits per heavy atom. The summed E-state index contributed by atoms with van der Waals surface area (Å²) in [5, 5.41) is 2.85. The zero-order chi connectivity index (χ0) is 25.5. The van der Waals surface area contributed by atoms with Gasteiger partial charge in [-0.1, -0.05) is 18.2 Å². The molecule has 1 N–H and O–H groups in total. The fourth-order valence-corrected chi connectivity index (χ4v) is 4.56. The first kappa shape index (κ1) is 25.4. The number of halogens is 6. The number of carbonyl (C=O) groups is 1. The van der Waals surface area contributed by atoms with Crippen LogP contribution >= 0.6 is 11.6 Å². The predicted molar refractivity (Wildman–Crippen MR) is 119 cm³/mol. The van der Waals surface area contributed by atoms with E-state index >= 15 is 0 Å². The highest BCUT2D eigenvalue weighted by atomic mass is 35.5. The summed E-state index contributed by atoms with van der Waals surface area (Å²) in [6, 6.07) is 2.40. The Bertz CT molecular complexity index is 1120. The van der Waals surface area contributed by atoms with Crippen molar-refractivity contribution in [3.63, 3.8) is 0 Å². The quantitative estimate of drug-likeness (QED) is 0.470. The molecule has 2 amide bonds. The average molecular weight is 519 g/mol. The van der Waals surface area contributed by atoms with E-state index in [0.717, 1.165) is 11.0 Å². The number of hydrogen-bond donors (Lipinski definition) is 1. The number of urea groups is 1. The van der Waals surface area contributed by atoms with E-state index in [4.69, 9.17) is 11.6 Å². The van der Waals surface area contributed by atoms with Crippen molar-refractivity contribution in [1.29, 1.82) is 0 Å². The van der Waals surface area contributed by atoms with Crippen molar-refractivity contribution in [3.05, 3.63) is 51.7 Å². The third-order valence-corrected chi connectivity index (χ3v) is 6.25. The molecule has 1 fully saturated rings. The Hall–Kier alpha value is -2.73. The number of amides is 2. The standard InChI is InChI=1S/C22H24ClF5N6O/c1-12(13-4-3-5-14(17(13)24)18(25)26)29-19-15-8-34(9-16(15)30-20(23)31-19)21(35)33-7-6-32(2)10-22(27,28)11-33/h3-5,12,18H,6-11H2,1-2H3,(H,29,30,31)/t12-/m1/s1. The largest absolute Gasteiger partial charge is 0.363 e. The van der Waals surface area contributed by atoms with E-state index in [1.807, 2.05) is 0 Å². The number of benzene rings is 1. The lowest BCUT2D eigenvalue weighted by Gasteiger charge is -2.28. The van der Waals surface area contributed by atoms with Crippen molar-refractivity contribution in [2.45, 2.75) is 38.4 Å². The number of carbonyl (C=O) groups excluding carboxylic acids is 1. The lowest BCUT2D eigenvalue weighted by molar-refractivity contribution is -0.0302. The normalized spacial score (nSPS) is 19.0. The molecule has 0 unspecified atom stereocenters. The summed E-state index contributed by atoms with van der Waals surface area (Å²) in [4.78, 5) is 25.3. The summed E-state index contributed by atoms with van der Waals surface area (Å²) >= 11 is 6.05. The Morgan fingerprint density at radius 1 is 1.11 bits per heavy atom. The molecule has 2 aromatic rings. The van der Waals surface area contributed by atoms with E-state index in [-0.39, 0.29) is 36.3 Å². The van der Waals surface area contributed by atoms with Gasteiger partial charge in [0.1, 0.15) is 11.6 Å². The summed E-state index contributed by atoms with van der Waals surface area (Å²) in [5.41, 5.74) is 0.221. The van der Waals surface area contributed by atoms with Crippen molar-refractivity contribution in [2.24, 2.45) is 0 Å². The number of nitrogens with zero attached hydrogens (tertiary/aromatic N) is 5. The molecule has 0 bridgehead atoms. The summed E-state index contributed by atoms with van der Waals surface area (Å²) in [7, 11) is 1.57. The van der Waals surface area contributed by atoms with Gasteiger partial charge in [0.05, 0.1) is 43.5 Å². The molecule has 0 spiro atoms. The van der Waals surface area contributed by atoms with E-state index in [1.54, 1.807) is 14.0 Å².